The number of aryl methyl sites for hydroxylation is 1. The third-order valence-corrected chi connectivity index (χ3v) is 3.73. The average molecular weight is 221 g/mol. The monoisotopic (exact) mass is 221 g/mol. The van der Waals surface area contributed by atoms with Gasteiger partial charge in [0.2, 0.25) is 0 Å². The molecule has 0 aliphatic heterocycles. The van der Waals surface area contributed by atoms with Gasteiger partial charge in [0.1, 0.15) is 5.82 Å². The maximum Gasteiger partial charge on any atom is 0.123 e. The first-order valence-electron chi connectivity index (χ1n) is 6.17. The Labute approximate surface area is 96.9 Å². The number of nitrogens with two attached hydrogens (primary N) is 1. The van der Waals surface area contributed by atoms with Crippen LogP contribution in [0.25, 0.3) is 0 Å². The molecule has 1 fully saturated rings. The normalized spacial score (nSPS) is 20.4. The summed E-state index contributed by atoms with van der Waals surface area (Å²) in [6, 6.07) is 4.98. The van der Waals surface area contributed by atoms with Gasteiger partial charge in [0.15, 0.2) is 0 Å². The Kier molecular flexibility index (Phi) is 3.29. The Balaban J connectivity index is 2.36. The quantitative estimate of drug-likeness (QED) is 0.720. The summed E-state index contributed by atoms with van der Waals surface area (Å²) in [4.78, 5) is 0. The molecule has 1 nitrogen and oxygen atoms in total. The lowest BCUT2D eigenvalue weighted by Gasteiger charge is -2.30. The van der Waals surface area contributed by atoms with Crippen LogP contribution in [0.5, 0.6) is 0 Å². The van der Waals surface area contributed by atoms with Crippen molar-refractivity contribution < 1.29 is 4.39 Å². The average Bonchev–Trinajstić information content (AvgIpc) is 2.48. The molecule has 2 heteroatoms. The van der Waals surface area contributed by atoms with Gasteiger partial charge in [0.25, 0.3) is 0 Å². The first kappa shape index (κ1) is 11.6. The van der Waals surface area contributed by atoms with Crippen molar-refractivity contribution in [3.05, 3.63) is 35.1 Å². The van der Waals surface area contributed by atoms with Gasteiger partial charge < -0.3 is 5.73 Å². The lowest BCUT2D eigenvalue weighted by Crippen LogP contribution is -2.36. The molecule has 1 aromatic rings. The van der Waals surface area contributed by atoms with Gasteiger partial charge in [-0.3, -0.25) is 0 Å². The predicted molar refractivity (Wildman–Crippen MR) is 64.7 cm³/mol. The molecule has 88 valence electrons. The number of benzene rings is 1. The molecule has 0 spiro atoms. The fraction of sp³-hybridized carbons (Fsp3) is 0.571. The van der Waals surface area contributed by atoms with Crippen molar-refractivity contribution in [3.63, 3.8) is 0 Å². The SMILES string of the molecule is Cc1ccc(F)cc1C1(N)CCCCCC1. The Bertz CT molecular complexity index is 365. The largest absolute Gasteiger partial charge is 0.321 e. The summed E-state index contributed by atoms with van der Waals surface area (Å²) in [7, 11) is 0. The highest BCUT2D eigenvalue weighted by molar-refractivity contribution is 5.33. The van der Waals surface area contributed by atoms with Crippen molar-refractivity contribution in [2.45, 2.75) is 51.0 Å². The van der Waals surface area contributed by atoms with E-state index >= 15 is 0 Å². The smallest absolute Gasteiger partial charge is 0.123 e. The minimum Gasteiger partial charge on any atom is -0.321 e. The summed E-state index contributed by atoms with van der Waals surface area (Å²) in [5.74, 6) is -0.172. The van der Waals surface area contributed by atoms with Crippen molar-refractivity contribution >= 4 is 0 Å². The third-order valence-electron chi connectivity index (χ3n) is 3.73. The zero-order valence-electron chi connectivity index (χ0n) is 9.93. The fourth-order valence-corrected chi connectivity index (χ4v) is 2.76. The molecule has 0 radical (unpaired) electrons. The molecule has 16 heavy (non-hydrogen) atoms. The van der Waals surface area contributed by atoms with E-state index in [0.717, 1.165) is 36.8 Å². The van der Waals surface area contributed by atoms with Gasteiger partial charge in [-0.25, -0.2) is 4.39 Å². The second-order valence-electron chi connectivity index (χ2n) is 5.03. The highest BCUT2D eigenvalue weighted by atomic mass is 19.1. The van der Waals surface area contributed by atoms with Crippen molar-refractivity contribution in [2.24, 2.45) is 5.73 Å². The zero-order valence-corrected chi connectivity index (χ0v) is 9.93. The lowest BCUT2D eigenvalue weighted by atomic mass is 9.81. The molecular weight excluding hydrogens is 201 g/mol. The molecule has 0 heterocycles. The summed E-state index contributed by atoms with van der Waals surface area (Å²) in [6.45, 7) is 2.02. The number of hydrogen-bond acceptors (Lipinski definition) is 1. The van der Waals surface area contributed by atoms with E-state index in [1.54, 1.807) is 6.07 Å². The molecule has 0 amide bonds. The Morgan fingerprint density at radius 3 is 2.38 bits per heavy atom. The predicted octanol–water partition coefficient (Wildman–Crippen LogP) is 3.64. The Morgan fingerprint density at radius 2 is 1.75 bits per heavy atom. The molecule has 0 atom stereocenters. The summed E-state index contributed by atoms with van der Waals surface area (Å²) in [5.41, 5.74) is 8.31. The van der Waals surface area contributed by atoms with Gasteiger partial charge in [-0.15, -0.1) is 0 Å². The maximum atomic E-state index is 13.3. The van der Waals surface area contributed by atoms with Crippen LogP contribution >= 0.6 is 0 Å². The fourth-order valence-electron chi connectivity index (χ4n) is 2.76. The highest BCUT2D eigenvalue weighted by Gasteiger charge is 2.29. The van der Waals surface area contributed by atoms with Crippen LogP contribution in [0.15, 0.2) is 18.2 Å². The van der Waals surface area contributed by atoms with Crippen molar-refractivity contribution in [2.75, 3.05) is 0 Å². The van der Waals surface area contributed by atoms with Crippen LogP contribution in [0.3, 0.4) is 0 Å². The van der Waals surface area contributed by atoms with Gasteiger partial charge in [-0.05, 0) is 43.0 Å². The van der Waals surface area contributed by atoms with Crippen LogP contribution in [-0.4, -0.2) is 0 Å². The molecule has 2 rings (SSSR count). The van der Waals surface area contributed by atoms with Crippen LogP contribution < -0.4 is 5.73 Å². The van der Waals surface area contributed by atoms with E-state index in [2.05, 4.69) is 0 Å². The van der Waals surface area contributed by atoms with Crippen LogP contribution in [0, 0.1) is 12.7 Å². The number of halogens is 1. The molecule has 0 saturated heterocycles. The van der Waals surface area contributed by atoms with E-state index < -0.39 is 0 Å². The van der Waals surface area contributed by atoms with Crippen molar-refractivity contribution in [1.82, 2.24) is 0 Å². The molecule has 1 aliphatic carbocycles. The topological polar surface area (TPSA) is 26.0 Å². The molecule has 1 saturated carbocycles. The van der Waals surface area contributed by atoms with E-state index in [1.165, 1.54) is 18.9 Å². The molecule has 1 aliphatic rings. The van der Waals surface area contributed by atoms with E-state index in [-0.39, 0.29) is 11.4 Å². The van der Waals surface area contributed by atoms with Gasteiger partial charge in [0, 0.05) is 5.54 Å². The minimum atomic E-state index is -0.303. The van der Waals surface area contributed by atoms with Crippen LogP contribution in [-0.2, 0) is 5.54 Å². The van der Waals surface area contributed by atoms with Crippen LogP contribution in [0.2, 0.25) is 0 Å². The molecule has 0 aromatic heterocycles. The van der Waals surface area contributed by atoms with E-state index in [0.29, 0.717) is 0 Å². The number of rotatable bonds is 1. The molecule has 0 unspecified atom stereocenters. The maximum absolute atomic E-state index is 13.3. The molecule has 2 N–H and O–H groups in total. The summed E-state index contributed by atoms with van der Waals surface area (Å²) < 4.78 is 13.3. The summed E-state index contributed by atoms with van der Waals surface area (Å²) in [5, 5.41) is 0. The first-order valence-corrected chi connectivity index (χ1v) is 6.17. The zero-order chi connectivity index (χ0) is 11.6. The Morgan fingerprint density at radius 1 is 1.12 bits per heavy atom. The van der Waals surface area contributed by atoms with E-state index in [1.807, 2.05) is 13.0 Å². The van der Waals surface area contributed by atoms with Crippen molar-refractivity contribution in [1.29, 1.82) is 0 Å². The van der Waals surface area contributed by atoms with E-state index in [9.17, 15) is 4.39 Å². The van der Waals surface area contributed by atoms with E-state index in [4.69, 9.17) is 5.73 Å². The third kappa shape index (κ3) is 2.27. The number of hydrogen-bond donors (Lipinski definition) is 1. The first-order chi connectivity index (χ1) is 7.62. The second-order valence-corrected chi connectivity index (χ2v) is 5.03. The van der Waals surface area contributed by atoms with Gasteiger partial charge in [0.05, 0.1) is 0 Å². The summed E-state index contributed by atoms with van der Waals surface area (Å²) >= 11 is 0. The van der Waals surface area contributed by atoms with Gasteiger partial charge >= 0.3 is 0 Å². The van der Waals surface area contributed by atoms with Gasteiger partial charge in [-0.2, -0.15) is 0 Å². The van der Waals surface area contributed by atoms with Crippen LogP contribution in [0.4, 0.5) is 4.39 Å². The van der Waals surface area contributed by atoms with Crippen molar-refractivity contribution in [3.8, 4) is 0 Å². The Hall–Kier alpha value is -0.890. The van der Waals surface area contributed by atoms with Crippen LogP contribution in [0.1, 0.15) is 49.7 Å². The highest BCUT2D eigenvalue weighted by Crippen LogP contribution is 2.35. The molecule has 1 aromatic carbocycles. The minimum absolute atomic E-state index is 0.172. The lowest BCUT2D eigenvalue weighted by molar-refractivity contribution is 0.381. The molecular formula is C14H20FN. The van der Waals surface area contributed by atoms with Gasteiger partial charge in [-0.1, -0.05) is 31.7 Å². The summed E-state index contributed by atoms with van der Waals surface area (Å²) in [6.07, 6.45) is 6.80. The second kappa shape index (κ2) is 4.54. The standard InChI is InChI=1S/C14H20FN/c1-11-6-7-12(15)10-13(11)14(16)8-4-2-3-5-9-14/h6-7,10H,2-5,8-9,16H2,1H3. The molecule has 0 bridgehead atoms.